The minimum absolute atomic E-state index is 0.223. The molecule has 0 aliphatic heterocycles. The van der Waals surface area contributed by atoms with Crippen LogP contribution in [0.1, 0.15) is 26.0 Å². The number of thioether (sulfide) groups is 1. The van der Waals surface area contributed by atoms with Crippen molar-refractivity contribution in [2.24, 2.45) is 0 Å². The highest BCUT2D eigenvalue weighted by molar-refractivity contribution is 8.00. The van der Waals surface area contributed by atoms with Gasteiger partial charge in [0.2, 0.25) is 5.91 Å². The molecule has 0 saturated carbocycles. The van der Waals surface area contributed by atoms with E-state index in [1.165, 1.54) is 13.0 Å². The summed E-state index contributed by atoms with van der Waals surface area (Å²) in [7, 11) is 0. The van der Waals surface area contributed by atoms with E-state index < -0.39 is 23.9 Å². The first-order valence-corrected chi connectivity index (χ1v) is 7.20. The summed E-state index contributed by atoms with van der Waals surface area (Å²) in [6.07, 6.45) is -3.03. The van der Waals surface area contributed by atoms with Crippen molar-refractivity contribution < 1.29 is 18.0 Å². The fourth-order valence-electron chi connectivity index (χ4n) is 1.48. The van der Waals surface area contributed by atoms with E-state index in [0.717, 1.165) is 18.2 Å². The lowest BCUT2D eigenvalue weighted by atomic mass is 10.2. The molecule has 0 aliphatic rings. The van der Waals surface area contributed by atoms with Crippen LogP contribution in [0.3, 0.4) is 0 Å². The molecule has 21 heavy (non-hydrogen) atoms. The van der Waals surface area contributed by atoms with E-state index in [0.29, 0.717) is 12.1 Å². The number of alkyl halides is 3. The number of aromatic nitrogens is 2. The Balaban J connectivity index is 2.67. The van der Waals surface area contributed by atoms with Crippen molar-refractivity contribution in [3.05, 3.63) is 22.1 Å². The van der Waals surface area contributed by atoms with Crippen LogP contribution < -0.4 is 10.9 Å². The summed E-state index contributed by atoms with van der Waals surface area (Å²) in [6.45, 7) is 2.00. The van der Waals surface area contributed by atoms with Gasteiger partial charge in [-0.2, -0.15) is 13.2 Å². The summed E-state index contributed by atoms with van der Waals surface area (Å²) in [6, 6.07) is 1.36. The fourth-order valence-corrected chi connectivity index (χ4v) is 2.33. The molecular weight excluding hydrogens is 307 g/mol. The molecular formula is C12H16F3N3O2S. The number of rotatable bonds is 6. The first kappa shape index (κ1) is 17.5. The van der Waals surface area contributed by atoms with Crippen LogP contribution in [0, 0.1) is 0 Å². The fraction of sp³-hybridized carbons (Fsp3) is 0.583. The molecule has 1 atom stereocenters. The molecule has 0 spiro atoms. The van der Waals surface area contributed by atoms with Crippen LogP contribution in [-0.4, -0.2) is 33.8 Å². The van der Waals surface area contributed by atoms with E-state index in [1.807, 2.05) is 6.92 Å². The van der Waals surface area contributed by atoms with E-state index in [1.54, 1.807) is 5.32 Å². The Labute approximate surface area is 123 Å². The van der Waals surface area contributed by atoms with Crippen LogP contribution in [0.25, 0.3) is 0 Å². The second kappa shape index (κ2) is 7.48. The van der Waals surface area contributed by atoms with E-state index in [9.17, 15) is 22.8 Å². The number of nitrogens with zero attached hydrogens (tertiary/aromatic N) is 1. The van der Waals surface area contributed by atoms with Gasteiger partial charge in [-0.1, -0.05) is 25.1 Å². The first-order valence-electron chi connectivity index (χ1n) is 6.32. The third-order valence-electron chi connectivity index (χ3n) is 2.40. The quantitative estimate of drug-likeness (QED) is 0.619. The van der Waals surface area contributed by atoms with Crippen molar-refractivity contribution in [2.45, 2.75) is 43.3 Å². The van der Waals surface area contributed by atoms with Crippen LogP contribution in [-0.2, 0) is 11.2 Å². The van der Waals surface area contributed by atoms with Gasteiger partial charge < -0.3 is 10.3 Å². The topological polar surface area (TPSA) is 74.8 Å². The standard InChI is InChI=1S/C12H16F3N3O2S/c1-3-4-8-5-9(19)18-11(17-8)21-7(2)10(20)16-6-12(13,14)15/h5,7H,3-4,6H2,1-2H3,(H,16,20)(H,17,18,19). The van der Waals surface area contributed by atoms with Gasteiger partial charge in [-0.3, -0.25) is 9.59 Å². The summed E-state index contributed by atoms with van der Waals surface area (Å²) in [5, 5.41) is 1.22. The maximum atomic E-state index is 12.0. The molecule has 0 fully saturated rings. The molecule has 9 heteroatoms. The maximum absolute atomic E-state index is 12.0. The highest BCUT2D eigenvalue weighted by atomic mass is 32.2. The normalized spacial score (nSPS) is 13.0. The maximum Gasteiger partial charge on any atom is 0.405 e. The SMILES string of the molecule is CCCc1cc(=O)[nH]c(SC(C)C(=O)NCC(F)(F)F)n1. The third-order valence-corrected chi connectivity index (χ3v) is 3.38. The summed E-state index contributed by atoms with van der Waals surface area (Å²) >= 11 is 0.910. The number of aromatic amines is 1. The number of aryl methyl sites for hydroxylation is 1. The molecule has 1 aromatic rings. The van der Waals surface area contributed by atoms with Crippen LogP contribution >= 0.6 is 11.8 Å². The van der Waals surface area contributed by atoms with Crippen LogP contribution in [0.2, 0.25) is 0 Å². The van der Waals surface area contributed by atoms with Crippen molar-refractivity contribution in [1.29, 1.82) is 0 Å². The smallest absolute Gasteiger partial charge is 0.346 e. The number of hydrogen-bond acceptors (Lipinski definition) is 4. The van der Waals surface area contributed by atoms with Gasteiger partial charge in [0.15, 0.2) is 5.16 Å². The predicted molar refractivity (Wildman–Crippen MR) is 73.2 cm³/mol. The Morgan fingerprint density at radius 3 is 2.76 bits per heavy atom. The van der Waals surface area contributed by atoms with Crippen LogP contribution in [0.5, 0.6) is 0 Å². The lowest BCUT2D eigenvalue weighted by Crippen LogP contribution is -2.38. The molecule has 0 aromatic carbocycles. The number of carbonyl (C=O) groups excluding carboxylic acids is 1. The van der Waals surface area contributed by atoms with Gasteiger partial charge in [0.1, 0.15) is 6.54 Å². The van der Waals surface area contributed by atoms with Gasteiger partial charge in [0, 0.05) is 11.8 Å². The lowest BCUT2D eigenvalue weighted by molar-refractivity contribution is -0.137. The number of nitrogens with one attached hydrogen (secondary N) is 2. The van der Waals surface area contributed by atoms with Crippen LogP contribution in [0.4, 0.5) is 13.2 Å². The zero-order valence-corrected chi connectivity index (χ0v) is 12.4. The average molecular weight is 323 g/mol. The molecule has 0 radical (unpaired) electrons. The lowest BCUT2D eigenvalue weighted by Gasteiger charge is -2.13. The van der Waals surface area contributed by atoms with Crippen molar-refractivity contribution >= 4 is 17.7 Å². The van der Waals surface area contributed by atoms with Gasteiger partial charge in [0.25, 0.3) is 5.56 Å². The van der Waals surface area contributed by atoms with Crippen LogP contribution in [0.15, 0.2) is 16.0 Å². The first-order chi connectivity index (χ1) is 9.71. The zero-order chi connectivity index (χ0) is 16.0. The molecule has 0 saturated heterocycles. The van der Waals surface area contributed by atoms with Gasteiger partial charge in [-0.25, -0.2) is 4.98 Å². The van der Waals surface area contributed by atoms with Gasteiger partial charge in [-0.05, 0) is 13.3 Å². The molecule has 5 nitrogen and oxygen atoms in total. The second-order valence-corrected chi connectivity index (χ2v) is 5.71. The van der Waals surface area contributed by atoms with E-state index in [-0.39, 0.29) is 10.7 Å². The second-order valence-electron chi connectivity index (χ2n) is 4.38. The molecule has 2 N–H and O–H groups in total. The number of amides is 1. The van der Waals surface area contributed by atoms with Crippen molar-refractivity contribution in [3.8, 4) is 0 Å². The molecule has 0 bridgehead atoms. The molecule has 1 heterocycles. The summed E-state index contributed by atoms with van der Waals surface area (Å²) in [5.41, 5.74) is 0.241. The van der Waals surface area contributed by atoms with Gasteiger partial charge in [0.05, 0.1) is 5.25 Å². The van der Waals surface area contributed by atoms with Crippen molar-refractivity contribution in [2.75, 3.05) is 6.54 Å². The number of H-pyrrole nitrogens is 1. The molecule has 0 aliphatic carbocycles. The van der Waals surface area contributed by atoms with Crippen molar-refractivity contribution in [3.63, 3.8) is 0 Å². The zero-order valence-electron chi connectivity index (χ0n) is 11.6. The summed E-state index contributed by atoms with van der Waals surface area (Å²) in [5.74, 6) is -0.763. The van der Waals surface area contributed by atoms with Crippen molar-refractivity contribution in [1.82, 2.24) is 15.3 Å². The Kier molecular flexibility index (Phi) is 6.25. The highest BCUT2D eigenvalue weighted by Crippen LogP contribution is 2.19. The van der Waals surface area contributed by atoms with Gasteiger partial charge in [-0.15, -0.1) is 0 Å². The number of carbonyl (C=O) groups is 1. The third kappa shape index (κ3) is 6.65. The Bertz CT molecular complexity index is 545. The summed E-state index contributed by atoms with van der Waals surface area (Å²) in [4.78, 5) is 29.6. The molecule has 1 rings (SSSR count). The Morgan fingerprint density at radius 1 is 1.52 bits per heavy atom. The Hall–Kier alpha value is -1.51. The van der Waals surface area contributed by atoms with E-state index in [2.05, 4.69) is 9.97 Å². The minimum Gasteiger partial charge on any atom is -0.346 e. The molecule has 118 valence electrons. The predicted octanol–water partition coefficient (Wildman–Crippen LogP) is 1.88. The number of hydrogen-bond donors (Lipinski definition) is 2. The highest BCUT2D eigenvalue weighted by Gasteiger charge is 2.29. The molecule has 1 aromatic heterocycles. The summed E-state index contributed by atoms with van der Waals surface area (Å²) < 4.78 is 36.0. The van der Waals surface area contributed by atoms with E-state index >= 15 is 0 Å². The minimum atomic E-state index is -4.45. The molecule has 1 amide bonds. The van der Waals surface area contributed by atoms with E-state index in [4.69, 9.17) is 0 Å². The Morgan fingerprint density at radius 2 is 2.19 bits per heavy atom. The largest absolute Gasteiger partial charge is 0.405 e. The van der Waals surface area contributed by atoms with Gasteiger partial charge >= 0.3 is 6.18 Å². The number of halogens is 3. The monoisotopic (exact) mass is 323 g/mol. The average Bonchev–Trinajstić information content (AvgIpc) is 2.34. The molecule has 1 unspecified atom stereocenters.